The molecule has 4 aliphatic rings. The number of fused-ring (bicyclic) bond motifs is 2. The van der Waals surface area contributed by atoms with Crippen molar-refractivity contribution in [1.29, 1.82) is 0 Å². The fourth-order valence-corrected chi connectivity index (χ4v) is 5.62. The lowest BCUT2D eigenvalue weighted by Gasteiger charge is -2.50. The third kappa shape index (κ3) is 3.30. The van der Waals surface area contributed by atoms with Crippen molar-refractivity contribution in [3.63, 3.8) is 0 Å². The molecule has 4 fully saturated rings. The first-order valence-electron chi connectivity index (χ1n) is 10.2. The maximum atomic E-state index is 13.2. The Kier molecular flexibility index (Phi) is 5.32. The second-order valence-corrected chi connectivity index (χ2v) is 8.51. The molecule has 0 bridgehead atoms. The molecule has 3 heterocycles. The van der Waals surface area contributed by atoms with Gasteiger partial charge in [-0.3, -0.25) is 20.2 Å². The van der Waals surface area contributed by atoms with Gasteiger partial charge in [-0.15, -0.1) is 0 Å². The van der Waals surface area contributed by atoms with Crippen LogP contribution >= 0.6 is 0 Å². The molecule has 7 nitrogen and oxygen atoms in total. The van der Waals surface area contributed by atoms with Gasteiger partial charge in [-0.05, 0) is 31.7 Å². The summed E-state index contributed by atoms with van der Waals surface area (Å²) in [7, 11) is 1.73. The predicted molar refractivity (Wildman–Crippen MR) is 95.1 cm³/mol. The van der Waals surface area contributed by atoms with E-state index in [0.717, 1.165) is 13.0 Å². The number of rotatable bonds is 3. The standard InChI is InChI=1S/C19H31N3O4/c1-20-16-14(19(24)25)8-13-15(23)12-7-11(10-5-3-2-4-6-10)9-21-17(12)26-18(13)22-16/h10-14,16-18,20-22H,2-9H2,1H3,(H,24,25). The van der Waals surface area contributed by atoms with E-state index >= 15 is 0 Å². The summed E-state index contributed by atoms with van der Waals surface area (Å²) in [5.74, 6) is -0.547. The van der Waals surface area contributed by atoms with Crippen LogP contribution in [-0.4, -0.2) is 49.1 Å². The number of carbonyl (C=O) groups excluding carboxylic acids is 1. The summed E-state index contributed by atoms with van der Waals surface area (Å²) in [5.41, 5.74) is 0. The Balaban J connectivity index is 1.46. The number of Topliss-reactive ketones (excluding diaryl/α,β-unsaturated/α-hetero) is 1. The molecule has 7 heteroatoms. The highest BCUT2D eigenvalue weighted by Crippen LogP contribution is 2.41. The van der Waals surface area contributed by atoms with Gasteiger partial charge in [-0.1, -0.05) is 32.1 Å². The van der Waals surface area contributed by atoms with Crippen LogP contribution in [0.25, 0.3) is 0 Å². The number of aliphatic carboxylic acids is 1. The lowest BCUT2D eigenvalue weighted by Crippen LogP contribution is -2.68. The second kappa shape index (κ2) is 7.54. The van der Waals surface area contributed by atoms with Gasteiger partial charge in [0.2, 0.25) is 0 Å². The summed E-state index contributed by atoms with van der Waals surface area (Å²) >= 11 is 0. The van der Waals surface area contributed by atoms with E-state index in [1.807, 2.05) is 0 Å². The average Bonchev–Trinajstić information content (AvgIpc) is 2.67. The fraction of sp³-hybridized carbons (Fsp3) is 0.895. The van der Waals surface area contributed by atoms with E-state index in [2.05, 4.69) is 16.0 Å². The van der Waals surface area contributed by atoms with Crippen LogP contribution < -0.4 is 16.0 Å². The predicted octanol–water partition coefficient (Wildman–Crippen LogP) is 0.900. The first-order valence-corrected chi connectivity index (χ1v) is 10.2. The Labute approximate surface area is 154 Å². The Bertz CT molecular complexity index is 551. The molecule has 1 saturated carbocycles. The minimum Gasteiger partial charge on any atom is -0.481 e. The zero-order chi connectivity index (χ0) is 18.3. The smallest absolute Gasteiger partial charge is 0.309 e. The van der Waals surface area contributed by atoms with Crippen LogP contribution in [0.1, 0.15) is 44.9 Å². The molecule has 0 aromatic heterocycles. The number of nitrogens with one attached hydrogen (secondary N) is 3. The maximum absolute atomic E-state index is 13.2. The minimum atomic E-state index is -0.868. The molecular weight excluding hydrogens is 334 g/mol. The first kappa shape index (κ1) is 18.3. The SMILES string of the molecule is CNC1NC2OC3NCC(C4CCCCC4)CC3C(=O)C2CC1C(=O)O. The summed E-state index contributed by atoms with van der Waals surface area (Å²) in [4.78, 5) is 24.8. The first-order chi connectivity index (χ1) is 12.6. The summed E-state index contributed by atoms with van der Waals surface area (Å²) in [6, 6.07) is 0. The summed E-state index contributed by atoms with van der Waals surface area (Å²) < 4.78 is 6.18. The van der Waals surface area contributed by atoms with Crippen LogP contribution in [0.3, 0.4) is 0 Å². The van der Waals surface area contributed by atoms with Crippen LogP contribution in [0.2, 0.25) is 0 Å². The molecule has 0 spiro atoms. The van der Waals surface area contributed by atoms with Crippen LogP contribution in [0.5, 0.6) is 0 Å². The number of hydrogen-bond acceptors (Lipinski definition) is 6. The number of hydrogen-bond donors (Lipinski definition) is 4. The quantitative estimate of drug-likeness (QED) is 0.590. The van der Waals surface area contributed by atoms with Crippen LogP contribution in [-0.2, 0) is 14.3 Å². The van der Waals surface area contributed by atoms with E-state index < -0.39 is 18.1 Å². The maximum Gasteiger partial charge on any atom is 0.309 e. The number of carbonyl (C=O) groups is 2. The van der Waals surface area contributed by atoms with Crippen LogP contribution in [0.15, 0.2) is 0 Å². The molecule has 0 radical (unpaired) electrons. The van der Waals surface area contributed by atoms with Gasteiger partial charge >= 0.3 is 5.97 Å². The highest BCUT2D eigenvalue weighted by atomic mass is 16.5. The van der Waals surface area contributed by atoms with Crippen molar-refractivity contribution in [2.24, 2.45) is 29.6 Å². The normalized spacial score (nSPS) is 44.2. The summed E-state index contributed by atoms with van der Waals surface area (Å²) in [6.45, 7) is 0.920. The molecule has 3 aliphatic heterocycles. The van der Waals surface area contributed by atoms with Gasteiger partial charge in [-0.2, -0.15) is 0 Å². The second-order valence-electron chi connectivity index (χ2n) is 8.51. The zero-order valence-electron chi connectivity index (χ0n) is 15.4. The van der Waals surface area contributed by atoms with Crippen molar-refractivity contribution in [2.75, 3.05) is 13.6 Å². The molecule has 26 heavy (non-hydrogen) atoms. The molecular formula is C19H31N3O4. The molecule has 7 atom stereocenters. The number of ketones is 1. The van der Waals surface area contributed by atoms with Gasteiger partial charge in [0, 0.05) is 6.54 Å². The molecule has 4 N–H and O–H groups in total. The van der Waals surface area contributed by atoms with Crippen molar-refractivity contribution in [2.45, 2.75) is 63.6 Å². The van der Waals surface area contributed by atoms with Crippen molar-refractivity contribution >= 4 is 11.8 Å². The fourth-order valence-electron chi connectivity index (χ4n) is 5.62. The molecule has 0 amide bonds. The lowest BCUT2D eigenvalue weighted by molar-refractivity contribution is -0.190. The van der Waals surface area contributed by atoms with E-state index in [0.29, 0.717) is 18.3 Å². The Morgan fingerprint density at radius 1 is 1.12 bits per heavy atom. The van der Waals surface area contributed by atoms with Gasteiger partial charge in [0.25, 0.3) is 0 Å². The molecule has 0 aromatic carbocycles. The zero-order valence-corrected chi connectivity index (χ0v) is 15.4. The van der Waals surface area contributed by atoms with E-state index in [4.69, 9.17) is 4.74 Å². The van der Waals surface area contributed by atoms with Gasteiger partial charge < -0.3 is 15.2 Å². The van der Waals surface area contributed by atoms with Crippen LogP contribution in [0, 0.1) is 29.6 Å². The number of carboxylic acids is 1. The topological polar surface area (TPSA) is 99.7 Å². The van der Waals surface area contributed by atoms with Gasteiger partial charge in [0.05, 0.1) is 23.9 Å². The number of carboxylic acid groups (broad SMARTS) is 1. The third-order valence-electron chi connectivity index (χ3n) is 7.09. The summed E-state index contributed by atoms with van der Waals surface area (Å²) in [5, 5.41) is 19.2. The monoisotopic (exact) mass is 365 g/mol. The number of ether oxygens (including phenoxy) is 1. The molecule has 3 saturated heterocycles. The molecule has 146 valence electrons. The van der Waals surface area contributed by atoms with Gasteiger partial charge in [0.15, 0.2) is 0 Å². The highest BCUT2D eigenvalue weighted by Gasteiger charge is 2.52. The van der Waals surface area contributed by atoms with E-state index in [1.54, 1.807) is 7.05 Å². The third-order valence-corrected chi connectivity index (χ3v) is 7.09. The van der Waals surface area contributed by atoms with Crippen molar-refractivity contribution in [3.8, 4) is 0 Å². The molecule has 0 aromatic rings. The van der Waals surface area contributed by atoms with E-state index in [-0.39, 0.29) is 30.0 Å². The van der Waals surface area contributed by atoms with Gasteiger partial charge in [-0.25, -0.2) is 0 Å². The Morgan fingerprint density at radius 2 is 1.85 bits per heavy atom. The van der Waals surface area contributed by atoms with Crippen molar-refractivity contribution in [3.05, 3.63) is 0 Å². The molecule has 7 unspecified atom stereocenters. The Morgan fingerprint density at radius 3 is 2.54 bits per heavy atom. The average molecular weight is 365 g/mol. The molecule has 1 aliphatic carbocycles. The lowest BCUT2D eigenvalue weighted by atomic mass is 9.70. The van der Waals surface area contributed by atoms with E-state index in [9.17, 15) is 14.7 Å². The van der Waals surface area contributed by atoms with E-state index in [1.165, 1.54) is 32.1 Å². The van der Waals surface area contributed by atoms with Crippen molar-refractivity contribution in [1.82, 2.24) is 16.0 Å². The highest BCUT2D eigenvalue weighted by molar-refractivity contribution is 5.86. The minimum absolute atomic E-state index is 0.140. The van der Waals surface area contributed by atoms with Gasteiger partial charge in [0.1, 0.15) is 18.2 Å². The molecule has 4 rings (SSSR count). The Hall–Kier alpha value is -1.02. The van der Waals surface area contributed by atoms with Crippen molar-refractivity contribution < 1.29 is 19.4 Å². The largest absolute Gasteiger partial charge is 0.481 e. The van der Waals surface area contributed by atoms with Crippen LogP contribution in [0.4, 0.5) is 0 Å². The number of piperidine rings is 2. The summed E-state index contributed by atoms with van der Waals surface area (Å²) in [6.07, 6.45) is 6.70.